The van der Waals surface area contributed by atoms with E-state index < -0.39 is 16.0 Å². The Morgan fingerprint density at radius 1 is 1.00 bits per heavy atom. The monoisotopic (exact) mass is 440 g/mol. The van der Waals surface area contributed by atoms with E-state index in [1.165, 1.54) is 18.2 Å². The van der Waals surface area contributed by atoms with Gasteiger partial charge in [-0.05, 0) is 42.0 Å². The molecule has 0 fully saturated rings. The summed E-state index contributed by atoms with van der Waals surface area (Å²) in [6.07, 6.45) is -0.215. The SMILES string of the molecule is O=C(O)Cc1c(-c2ccc(Cl)cc2NS(=O)(=O)c2ccccc2)[nH]c2ccccc12. The number of carbonyl (C=O) groups is 1. The predicted octanol–water partition coefficient (Wildman–Crippen LogP) is 4.92. The van der Waals surface area contributed by atoms with Gasteiger partial charge >= 0.3 is 5.97 Å². The van der Waals surface area contributed by atoms with Crippen LogP contribution < -0.4 is 4.72 Å². The van der Waals surface area contributed by atoms with Crippen LogP contribution in [0.15, 0.2) is 77.7 Å². The molecule has 4 aromatic rings. The summed E-state index contributed by atoms with van der Waals surface area (Å²) < 4.78 is 28.3. The molecule has 0 bridgehead atoms. The molecule has 0 radical (unpaired) electrons. The first kappa shape index (κ1) is 20.0. The minimum Gasteiger partial charge on any atom is -0.481 e. The second-order valence-corrected chi connectivity index (χ2v) is 8.82. The number of hydrogen-bond acceptors (Lipinski definition) is 3. The number of carboxylic acids is 1. The summed E-state index contributed by atoms with van der Waals surface area (Å²) >= 11 is 6.14. The van der Waals surface area contributed by atoms with Gasteiger partial charge in [0.25, 0.3) is 10.0 Å². The second-order valence-electron chi connectivity index (χ2n) is 6.70. The maximum absolute atomic E-state index is 12.9. The molecule has 3 aromatic carbocycles. The van der Waals surface area contributed by atoms with E-state index in [4.69, 9.17) is 11.6 Å². The standard InChI is InChI=1S/C22H17ClN2O4S/c23-14-10-11-17(20(12-14)25-30(28,29)15-6-2-1-3-7-15)22-18(13-21(26)27)16-8-4-5-9-19(16)24-22/h1-12,24-25H,13H2,(H,26,27). The van der Waals surface area contributed by atoms with Crippen molar-refractivity contribution in [1.82, 2.24) is 4.98 Å². The third-order valence-electron chi connectivity index (χ3n) is 4.69. The van der Waals surface area contributed by atoms with Crippen molar-refractivity contribution < 1.29 is 18.3 Å². The number of halogens is 1. The summed E-state index contributed by atoms with van der Waals surface area (Å²) in [7, 11) is -3.87. The number of fused-ring (bicyclic) bond motifs is 1. The van der Waals surface area contributed by atoms with Crippen LogP contribution in [0.2, 0.25) is 5.02 Å². The molecule has 30 heavy (non-hydrogen) atoms. The summed E-state index contributed by atoms with van der Waals surface area (Å²) in [6, 6.07) is 20.1. The first-order chi connectivity index (χ1) is 14.3. The van der Waals surface area contributed by atoms with Crippen LogP contribution in [0.3, 0.4) is 0 Å². The van der Waals surface area contributed by atoms with Crippen molar-refractivity contribution in [3.8, 4) is 11.3 Å². The van der Waals surface area contributed by atoms with Gasteiger partial charge < -0.3 is 10.1 Å². The van der Waals surface area contributed by atoms with Gasteiger partial charge in [0.2, 0.25) is 0 Å². The highest BCUT2D eigenvalue weighted by molar-refractivity contribution is 7.92. The molecule has 1 heterocycles. The predicted molar refractivity (Wildman–Crippen MR) is 117 cm³/mol. The molecule has 3 N–H and O–H groups in total. The Bertz CT molecular complexity index is 1350. The molecule has 0 amide bonds. The number of nitrogens with one attached hydrogen (secondary N) is 2. The van der Waals surface area contributed by atoms with E-state index in [9.17, 15) is 18.3 Å². The number of carboxylic acid groups (broad SMARTS) is 1. The van der Waals surface area contributed by atoms with E-state index in [-0.39, 0.29) is 17.0 Å². The molecule has 0 aliphatic carbocycles. The van der Waals surface area contributed by atoms with Crippen molar-refractivity contribution in [2.45, 2.75) is 11.3 Å². The highest BCUT2D eigenvalue weighted by Gasteiger charge is 2.21. The van der Waals surface area contributed by atoms with Crippen LogP contribution in [0.25, 0.3) is 22.2 Å². The van der Waals surface area contributed by atoms with Gasteiger partial charge in [-0.15, -0.1) is 0 Å². The zero-order valence-corrected chi connectivity index (χ0v) is 17.2. The summed E-state index contributed by atoms with van der Waals surface area (Å²) in [4.78, 5) is 14.8. The van der Waals surface area contributed by atoms with Gasteiger partial charge in [0, 0.05) is 21.5 Å². The number of benzene rings is 3. The van der Waals surface area contributed by atoms with Crippen LogP contribution in [0.4, 0.5) is 5.69 Å². The fraction of sp³-hybridized carbons (Fsp3) is 0.0455. The third-order valence-corrected chi connectivity index (χ3v) is 6.31. The van der Waals surface area contributed by atoms with Gasteiger partial charge in [-0.25, -0.2) is 8.42 Å². The molecule has 0 aliphatic rings. The summed E-state index contributed by atoms with van der Waals surface area (Å²) in [5, 5.41) is 10.5. The fourth-order valence-corrected chi connectivity index (χ4v) is 4.65. The number of para-hydroxylation sites is 1. The highest BCUT2D eigenvalue weighted by atomic mass is 35.5. The number of aliphatic carboxylic acids is 1. The van der Waals surface area contributed by atoms with Crippen molar-refractivity contribution in [1.29, 1.82) is 0 Å². The minimum atomic E-state index is -3.87. The molecule has 6 nitrogen and oxygen atoms in total. The zero-order chi connectivity index (χ0) is 21.3. The van der Waals surface area contributed by atoms with Gasteiger partial charge in [0.1, 0.15) is 0 Å². The Morgan fingerprint density at radius 2 is 1.70 bits per heavy atom. The van der Waals surface area contributed by atoms with Crippen molar-refractivity contribution >= 4 is 44.2 Å². The van der Waals surface area contributed by atoms with E-state index in [0.717, 1.165) is 10.9 Å². The van der Waals surface area contributed by atoms with Gasteiger partial charge in [-0.1, -0.05) is 48.0 Å². The topological polar surface area (TPSA) is 99.3 Å². The lowest BCUT2D eigenvalue weighted by Gasteiger charge is -2.14. The first-order valence-electron chi connectivity index (χ1n) is 9.04. The maximum Gasteiger partial charge on any atom is 0.307 e. The lowest BCUT2D eigenvalue weighted by atomic mass is 10.0. The highest BCUT2D eigenvalue weighted by Crippen LogP contribution is 2.37. The Morgan fingerprint density at radius 3 is 2.43 bits per heavy atom. The smallest absolute Gasteiger partial charge is 0.307 e. The molecule has 1 aromatic heterocycles. The number of aromatic nitrogens is 1. The van der Waals surface area contributed by atoms with Crippen molar-refractivity contribution in [3.05, 3.63) is 83.4 Å². The van der Waals surface area contributed by atoms with Crippen LogP contribution in [0.5, 0.6) is 0 Å². The number of hydrogen-bond donors (Lipinski definition) is 3. The van der Waals surface area contributed by atoms with Crippen molar-refractivity contribution in [2.24, 2.45) is 0 Å². The molecule has 4 rings (SSSR count). The molecule has 0 spiro atoms. The van der Waals surface area contributed by atoms with E-state index in [1.807, 2.05) is 24.3 Å². The molecule has 0 atom stereocenters. The number of rotatable bonds is 6. The first-order valence-corrected chi connectivity index (χ1v) is 10.9. The van der Waals surface area contributed by atoms with E-state index in [0.29, 0.717) is 21.8 Å². The largest absolute Gasteiger partial charge is 0.481 e. The second kappa shape index (κ2) is 7.85. The van der Waals surface area contributed by atoms with Crippen molar-refractivity contribution in [3.63, 3.8) is 0 Å². The van der Waals surface area contributed by atoms with E-state index >= 15 is 0 Å². The molecule has 0 saturated carbocycles. The summed E-state index contributed by atoms with van der Waals surface area (Å²) in [5.41, 5.74) is 2.62. The molecule has 0 unspecified atom stereocenters. The van der Waals surface area contributed by atoms with Crippen LogP contribution in [0, 0.1) is 0 Å². The maximum atomic E-state index is 12.9. The number of anilines is 1. The normalized spacial score (nSPS) is 11.5. The van der Waals surface area contributed by atoms with Crippen LogP contribution >= 0.6 is 11.6 Å². The van der Waals surface area contributed by atoms with E-state index in [2.05, 4.69) is 9.71 Å². The molecule has 0 saturated heterocycles. The molecule has 0 aliphatic heterocycles. The lowest BCUT2D eigenvalue weighted by Crippen LogP contribution is -2.13. The molecular weight excluding hydrogens is 424 g/mol. The number of sulfonamides is 1. The van der Waals surface area contributed by atoms with Gasteiger partial charge in [-0.3, -0.25) is 9.52 Å². The Kier molecular flexibility index (Phi) is 5.24. The number of aromatic amines is 1. The molecular formula is C22H17ClN2O4S. The molecule has 152 valence electrons. The Hall–Kier alpha value is -3.29. The van der Waals surface area contributed by atoms with Gasteiger partial charge in [-0.2, -0.15) is 0 Å². The Balaban J connectivity index is 1.88. The molecule has 8 heteroatoms. The minimum absolute atomic E-state index is 0.110. The van der Waals surface area contributed by atoms with Crippen LogP contribution in [-0.4, -0.2) is 24.5 Å². The zero-order valence-electron chi connectivity index (χ0n) is 15.6. The van der Waals surface area contributed by atoms with Gasteiger partial charge in [0.05, 0.1) is 22.7 Å². The summed E-state index contributed by atoms with van der Waals surface area (Å²) in [6.45, 7) is 0. The average Bonchev–Trinajstić information content (AvgIpc) is 3.06. The van der Waals surface area contributed by atoms with Crippen LogP contribution in [0.1, 0.15) is 5.56 Å². The van der Waals surface area contributed by atoms with E-state index in [1.54, 1.807) is 30.3 Å². The van der Waals surface area contributed by atoms with Gasteiger partial charge in [0.15, 0.2) is 0 Å². The average molecular weight is 441 g/mol. The Labute approximate surface area is 178 Å². The lowest BCUT2D eigenvalue weighted by molar-refractivity contribution is -0.136. The fourth-order valence-electron chi connectivity index (χ4n) is 3.39. The van der Waals surface area contributed by atoms with Crippen molar-refractivity contribution in [2.75, 3.05) is 4.72 Å². The number of H-pyrrole nitrogens is 1. The third kappa shape index (κ3) is 3.90. The van der Waals surface area contributed by atoms with Crippen LogP contribution in [-0.2, 0) is 21.2 Å². The quantitative estimate of drug-likeness (QED) is 0.396. The summed E-state index contributed by atoms with van der Waals surface area (Å²) in [5.74, 6) is -0.985.